The molecule has 3 N–H and O–H groups in total. The second-order valence-corrected chi connectivity index (χ2v) is 9.29. The van der Waals surface area contributed by atoms with Gasteiger partial charge in [0, 0.05) is 23.6 Å². The van der Waals surface area contributed by atoms with Crippen molar-refractivity contribution in [2.75, 3.05) is 4.72 Å². The Bertz CT molecular complexity index is 1120. The van der Waals surface area contributed by atoms with Gasteiger partial charge in [0.05, 0.1) is 4.90 Å². The van der Waals surface area contributed by atoms with E-state index < -0.39 is 15.9 Å². The van der Waals surface area contributed by atoms with Crippen LogP contribution in [0.1, 0.15) is 36.8 Å². The minimum absolute atomic E-state index is 0.0494. The fraction of sp³-hybridized carbons (Fsp3) is 0.250. The number of aromatic nitrogens is 1. The molecule has 0 saturated heterocycles. The van der Waals surface area contributed by atoms with Gasteiger partial charge in [0.2, 0.25) is 0 Å². The molecule has 0 unspecified atom stereocenters. The highest BCUT2D eigenvalue weighted by atomic mass is 32.2. The number of sulfonamides is 1. The lowest BCUT2D eigenvalue weighted by atomic mass is 9.87. The molecule has 1 amide bonds. The molecule has 142 valence electrons. The van der Waals surface area contributed by atoms with Gasteiger partial charge in [0.25, 0.3) is 15.9 Å². The van der Waals surface area contributed by atoms with Crippen molar-refractivity contribution >= 4 is 32.5 Å². The Kier molecular flexibility index (Phi) is 4.51. The molecule has 27 heavy (non-hydrogen) atoms. The van der Waals surface area contributed by atoms with E-state index in [0.717, 1.165) is 16.5 Å². The van der Waals surface area contributed by atoms with E-state index in [-0.39, 0.29) is 10.3 Å². The highest BCUT2D eigenvalue weighted by molar-refractivity contribution is 7.92. The van der Waals surface area contributed by atoms with Crippen molar-refractivity contribution in [2.45, 2.75) is 31.1 Å². The number of hydrogen-bond donors (Lipinski definition) is 2. The summed E-state index contributed by atoms with van der Waals surface area (Å²) < 4.78 is 29.6. The molecule has 0 aliphatic rings. The molecule has 0 aliphatic carbocycles. The molecule has 3 aromatic rings. The van der Waals surface area contributed by atoms with E-state index in [1.165, 1.54) is 0 Å². The number of primary amides is 1. The zero-order chi connectivity index (χ0) is 20.0. The maximum atomic E-state index is 12.7. The van der Waals surface area contributed by atoms with Gasteiger partial charge >= 0.3 is 0 Å². The summed E-state index contributed by atoms with van der Waals surface area (Å²) in [5.41, 5.74) is 7.95. The summed E-state index contributed by atoms with van der Waals surface area (Å²) in [5.74, 6) is -0.533. The van der Waals surface area contributed by atoms with E-state index in [1.807, 2.05) is 12.1 Å². The zero-order valence-corrected chi connectivity index (χ0v) is 16.6. The first-order valence-electron chi connectivity index (χ1n) is 8.52. The van der Waals surface area contributed by atoms with Crippen molar-refractivity contribution in [1.82, 2.24) is 4.57 Å². The van der Waals surface area contributed by atoms with Crippen LogP contribution in [0, 0.1) is 0 Å². The number of carbonyl (C=O) groups is 1. The first kappa shape index (κ1) is 19.0. The first-order valence-corrected chi connectivity index (χ1v) is 10.00. The normalized spacial score (nSPS) is 12.3. The maximum Gasteiger partial charge on any atom is 0.265 e. The van der Waals surface area contributed by atoms with Crippen LogP contribution in [-0.4, -0.2) is 18.9 Å². The van der Waals surface area contributed by atoms with Crippen LogP contribution in [0.4, 0.5) is 5.69 Å². The lowest BCUT2D eigenvalue weighted by Crippen LogP contribution is -2.15. The van der Waals surface area contributed by atoms with Gasteiger partial charge in [-0.2, -0.15) is 0 Å². The third-order valence-electron chi connectivity index (χ3n) is 4.58. The molecule has 1 aromatic heterocycles. The number of nitrogens with one attached hydrogen (secondary N) is 1. The molecule has 0 atom stereocenters. The largest absolute Gasteiger partial charge is 0.364 e. The highest BCUT2D eigenvalue weighted by Crippen LogP contribution is 2.26. The third-order valence-corrected chi connectivity index (χ3v) is 5.97. The fourth-order valence-electron chi connectivity index (χ4n) is 3.00. The van der Waals surface area contributed by atoms with Gasteiger partial charge in [-0.25, -0.2) is 8.42 Å². The van der Waals surface area contributed by atoms with Gasteiger partial charge in [-0.05, 0) is 47.4 Å². The third kappa shape index (κ3) is 3.68. The van der Waals surface area contributed by atoms with Crippen molar-refractivity contribution in [1.29, 1.82) is 0 Å². The van der Waals surface area contributed by atoms with E-state index >= 15 is 0 Å². The molecular formula is C20H23N3O3S. The Morgan fingerprint density at radius 1 is 1.04 bits per heavy atom. The van der Waals surface area contributed by atoms with Gasteiger partial charge in [-0.15, -0.1) is 0 Å². The number of hydrogen-bond acceptors (Lipinski definition) is 3. The van der Waals surface area contributed by atoms with Crippen LogP contribution in [0.5, 0.6) is 0 Å². The second kappa shape index (κ2) is 6.42. The topological polar surface area (TPSA) is 94.2 Å². The molecule has 3 rings (SSSR count). The molecule has 6 nitrogen and oxygen atoms in total. The van der Waals surface area contributed by atoms with Gasteiger partial charge in [-0.3, -0.25) is 9.52 Å². The summed E-state index contributed by atoms with van der Waals surface area (Å²) in [6.07, 6.45) is 0. The molecule has 0 saturated carbocycles. The molecule has 0 aliphatic heterocycles. The smallest absolute Gasteiger partial charge is 0.265 e. The summed E-state index contributed by atoms with van der Waals surface area (Å²) >= 11 is 0. The van der Waals surface area contributed by atoms with Gasteiger partial charge in [0.15, 0.2) is 0 Å². The Balaban J connectivity index is 1.92. The van der Waals surface area contributed by atoms with Crippen LogP contribution in [0.25, 0.3) is 10.9 Å². The number of nitrogens with zero attached hydrogens (tertiary/aromatic N) is 1. The summed E-state index contributed by atoms with van der Waals surface area (Å²) in [5, 5.41) is 0.731. The number of aryl methyl sites for hydroxylation is 1. The number of fused-ring (bicyclic) bond motifs is 1. The van der Waals surface area contributed by atoms with Gasteiger partial charge in [0.1, 0.15) is 5.69 Å². The quantitative estimate of drug-likeness (QED) is 0.721. The van der Waals surface area contributed by atoms with Crippen LogP contribution < -0.4 is 10.5 Å². The number of carbonyl (C=O) groups excluding carboxylic acids is 1. The minimum atomic E-state index is -3.71. The Hall–Kier alpha value is -2.80. The lowest BCUT2D eigenvalue weighted by Gasteiger charge is -2.19. The maximum absolute atomic E-state index is 12.7. The average molecular weight is 385 g/mol. The highest BCUT2D eigenvalue weighted by Gasteiger charge is 2.18. The molecule has 0 radical (unpaired) electrons. The van der Waals surface area contributed by atoms with Gasteiger partial charge < -0.3 is 10.3 Å². The van der Waals surface area contributed by atoms with E-state index in [2.05, 4.69) is 25.5 Å². The predicted octanol–water partition coefficient (Wildman–Crippen LogP) is 3.38. The first-order chi connectivity index (χ1) is 12.5. The molecule has 0 bridgehead atoms. The molecule has 7 heteroatoms. The van der Waals surface area contributed by atoms with Crippen LogP contribution in [0.3, 0.4) is 0 Å². The predicted molar refractivity (Wildman–Crippen MR) is 107 cm³/mol. The van der Waals surface area contributed by atoms with E-state index in [4.69, 9.17) is 5.73 Å². The van der Waals surface area contributed by atoms with E-state index in [9.17, 15) is 13.2 Å². The van der Waals surface area contributed by atoms with Crippen molar-refractivity contribution in [3.05, 3.63) is 59.8 Å². The van der Waals surface area contributed by atoms with Crippen LogP contribution >= 0.6 is 0 Å². The van der Waals surface area contributed by atoms with E-state index in [1.54, 1.807) is 48.0 Å². The monoisotopic (exact) mass is 385 g/mol. The van der Waals surface area contributed by atoms with Crippen molar-refractivity contribution in [2.24, 2.45) is 12.8 Å². The number of benzene rings is 2. The minimum Gasteiger partial charge on any atom is -0.364 e. The van der Waals surface area contributed by atoms with Crippen molar-refractivity contribution < 1.29 is 13.2 Å². The Morgan fingerprint density at radius 3 is 2.22 bits per heavy atom. The van der Waals surface area contributed by atoms with Crippen LogP contribution in [0.15, 0.2) is 53.4 Å². The van der Waals surface area contributed by atoms with Crippen LogP contribution in [0.2, 0.25) is 0 Å². The summed E-state index contributed by atoms with van der Waals surface area (Å²) in [4.78, 5) is 11.7. The molecule has 0 spiro atoms. The number of anilines is 1. The van der Waals surface area contributed by atoms with Crippen LogP contribution in [-0.2, 0) is 22.5 Å². The lowest BCUT2D eigenvalue weighted by molar-refractivity contribution is 0.0993. The van der Waals surface area contributed by atoms with Gasteiger partial charge in [-0.1, -0.05) is 32.9 Å². The Labute approximate surface area is 159 Å². The number of nitrogens with two attached hydrogens (primary N) is 1. The molecule has 0 fully saturated rings. The van der Waals surface area contributed by atoms with Crippen molar-refractivity contribution in [3.8, 4) is 0 Å². The molecular weight excluding hydrogens is 362 g/mol. The summed E-state index contributed by atoms with van der Waals surface area (Å²) in [6.45, 7) is 6.22. The SMILES string of the molecule is Cn1c(C(N)=O)cc2cc(NS(=O)(=O)c3ccc(C(C)(C)C)cc3)ccc21. The van der Waals surface area contributed by atoms with Crippen molar-refractivity contribution in [3.63, 3.8) is 0 Å². The summed E-state index contributed by atoms with van der Waals surface area (Å²) in [6, 6.07) is 13.6. The fourth-order valence-corrected chi connectivity index (χ4v) is 4.05. The standard InChI is InChI=1S/C20H23N3O3S/c1-20(2,3)14-5-8-16(9-6-14)27(25,26)22-15-7-10-17-13(11-15)12-18(19(21)24)23(17)4/h5-12,22H,1-4H3,(H2,21,24). The average Bonchev–Trinajstić information content (AvgIpc) is 2.90. The zero-order valence-electron chi connectivity index (χ0n) is 15.8. The Morgan fingerprint density at radius 2 is 1.67 bits per heavy atom. The molecule has 2 aromatic carbocycles. The second-order valence-electron chi connectivity index (χ2n) is 7.61. The van der Waals surface area contributed by atoms with E-state index in [0.29, 0.717) is 11.4 Å². The molecule has 1 heterocycles. The summed E-state index contributed by atoms with van der Waals surface area (Å²) in [7, 11) is -1.97. The number of amides is 1. The number of rotatable bonds is 4.